The number of carbonyl (C=O) groups excluding carboxylic acids is 1. The van der Waals surface area contributed by atoms with E-state index in [1.54, 1.807) is 22.5 Å². The Labute approximate surface area is 183 Å². The SMILES string of the molecule is COc1cccc(C(=O)NCCCS(=O)(=O)N2CCN(c3ccccc3)CC2)c1OC. The fraction of sp³-hybridized carbons (Fsp3) is 0.409. The van der Waals surface area contributed by atoms with Crippen LogP contribution in [0.3, 0.4) is 0 Å². The average Bonchev–Trinajstić information content (AvgIpc) is 2.81. The Bertz CT molecular complexity index is 974. The van der Waals surface area contributed by atoms with E-state index in [4.69, 9.17) is 9.47 Å². The largest absolute Gasteiger partial charge is 0.493 e. The van der Waals surface area contributed by atoms with Crippen molar-refractivity contribution in [2.75, 3.05) is 57.6 Å². The van der Waals surface area contributed by atoms with Crippen molar-refractivity contribution in [1.82, 2.24) is 9.62 Å². The molecule has 0 aromatic heterocycles. The Balaban J connectivity index is 1.47. The fourth-order valence-electron chi connectivity index (χ4n) is 3.61. The summed E-state index contributed by atoms with van der Waals surface area (Å²) in [5.74, 6) is 0.483. The third-order valence-electron chi connectivity index (χ3n) is 5.27. The van der Waals surface area contributed by atoms with Gasteiger partial charge < -0.3 is 19.7 Å². The number of anilines is 1. The quantitative estimate of drug-likeness (QED) is 0.592. The van der Waals surface area contributed by atoms with Crippen molar-refractivity contribution in [2.24, 2.45) is 0 Å². The summed E-state index contributed by atoms with van der Waals surface area (Å²) >= 11 is 0. The smallest absolute Gasteiger partial charge is 0.255 e. The first-order valence-electron chi connectivity index (χ1n) is 10.2. The van der Waals surface area contributed by atoms with Crippen molar-refractivity contribution in [2.45, 2.75) is 6.42 Å². The van der Waals surface area contributed by atoms with Gasteiger partial charge in [-0.25, -0.2) is 8.42 Å². The molecular formula is C22H29N3O5S. The van der Waals surface area contributed by atoms with Crippen LogP contribution in [0.4, 0.5) is 5.69 Å². The van der Waals surface area contributed by atoms with Crippen LogP contribution in [-0.2, 0) is 10.0 Å². The van der Waals surface area contributed by atoms with Gasteiger partial charge >= 0.3 is 0 Å². The second-order valence-electron chi connectivity index (χ2n) is 7.19. The van der Waals surface area contributed by atoms with Crippen molar-refractivity contribution in [3.63, 3.8) is 0 Å². The number of methoxy groups -OCH3 is 2. The molecule has 2 aromatic rings. The molecule has 1 aliphatic heterocycles. The van der Waals surface area contributed by atoms with Crippen LogP contribution in [0.5, 0.6) is 11.5 Å². The maximum Gasteiger partial charge on any atom is 0.255 e. The van der Waals surface area contributed by atoms with Gasteiger partial charge in [0.25, 0.3) is 5.91 Å². The number of ether oxygens (including phenoxy) is 2. The number of nitrogens with zero attached hydrogens (tertiary/aromatic N) is 2. The maximum atomic E-state index is 12.7. The highest BCUT2D eigenvalue weighted by atomic mass is 32.2. The minimum Gasteiger partial charge on any atom is -0.493 e. The number of hydrogen-bond acceptors (Lipinski definition) is 6. The van der Waals surface area contributed by atoms with Gasteiger partial charge in [-0.05, 0) is 30.7 Å². The van der Waals surface area contributed by atoms with Gasteiger partial charge in [-0.15, -0.1) is 0 Å². The maximum absolute atomic E-state index is 12.7. The number of amides is 1. The molecule has 168 valence electrons. The van der Waals surface area contributed by atoms with Crippen LogP contribution in [0.1, 0.15) is 16.8 Å². The van der Waals surface area contributed by atoms with Gasteiger partial charge in [-0.3, -0.25) is 4.79 Å². The van der Waals surface area contributed by atoms with E-state index in [0.29, 0.717) is 49.7 Å². The highest BCUT2D eigenvalue weighted by Crippen LogP contribution is 2.30. The lowest BCUT2D eigenvalue weighted by Crippen LogP contribution is -2.49. The molecule has 0 saturated carbocycles. The topological polar surface area (TPSA) is 88.2 Å². The molecule has 0 spiro atoms. The first kappa shape index (κ1) is 22.9. The number of piperazine rings is 1. The van der Waals surface area contributed by atoms with Crippen LogP contribution in [0.25, 0.3) is 0 Å². The number of hydrogen-bond donors (Lipinski definition) is 1. The van der Waals surface area contributed by atoms with Gasteiger partial charge in [-0.2, -0.15) is 4.31 Å². The summed E-state index contributed by atoms with van der Waals surface area (Å²) in [5.41, 5.74) is 1.46. The fourth-order valence-corrected chi connectivity index (χ4v) is 5.10. The monoisotopic (exact) mass is 447 g/mol. The third-order valence-corrected chi connectivity index (χ3v) is 7.22. The summed E-state index contributed by atoms with van der Waals surface area (Å²) in [6.07, 6.45) is 0.333. The lowest BCUT2D eigenvalue weighted by Gasteiger charge is -2.35. The van der Waals surface area contributed by atoms with E-state index < -0.39 is 10.0 Å². The molecule has 1 N–H and O–H groups in total. The van der Waals surface area contributed by atoms with Crippen molar-refractivity contribution in [3.05, 3.63) is 54.1 Å². The molecule has 1 heterocycles. The highest BCUT2D eigenvalue weighted by molar-refractivity contribution is 7.89. The van der Waals surface area contributed by atoms with E-state index in [0.717, 1.165) is 5.69 Å². The summed E-state index contributed by atoms with van der Waals surface area (Å²) in [6.45, 7) is 2.50. The summed E-state index contributed by atoms with van der Waals surface area (Å²) in [4.78, 5) is 14.7. The molecule has 1 saturated heterocycles. The Hall–Kier alpha value is -2.78. The number of sulfonamides is 1. The normalized spacial score (nSPS) is 14.8. The zero-order valence-corrected chi connectivity index (χ0v) is 18.7. The first-order chi connectivity index (χ1) is 15.0. The second-order valence-corrected chi connectivity index (χ2v) is 9.28. The van der Waals surface area contributed by atoms with Crippen LogP contribution in [-0.4, -0.2) is 71.3 Å². The third kappa shape index (κ3) is 5.68. The Morgan fingerprint density at radius 1 is 0.968 bits per heavy atom. The van der Waals surface area contributed by atoms with Crippen LogP contribution >= 0.6 is 0 Å². The van der Waals surface area contributed by atoms with Gasteiger partial charge in [0.05, 0.1) is 25.5 Å². The van der Waals surface area contributed by atoms with Crippen LogP contribution in [0, 0.1) is 0 Å². The molecule has 2 aromatic carbocycles. The Kier molecular flexibility index (Phi) is 7.75. The zero-order chi connectivity index (χ0) is 22.3. The minimum atomic E-state index is -3.36. The molecule has 9 heteroatoms. The van der Waals surface area contributed by atoms with E-state index in [9.17, 15) is 13.2 Å². The van der Waals surface area contributed by atoms with E-state index >= 15 is 0 Å². The predicted octanol–water partition coefficient (Wildman–Crippen LogP) is 1.98. The van der Waals surface area contributed by atoms with Crippen molar-refractivity contribution in [3.8, 4) is 11.5 Å². The van der Waals surface area contributed by atoms with Crippen molar-refractivity contribution < 1.29 is 22.7 Å². The van der Waals surface area contributed by atoms with E-state index in [1.807, 2.05) is 30.3 Å². The van der Waals surface area contributed by atoms with E-state index in [2.05, 4.69) is 10.2 Å². The summed E-state index contributed by atoms with van der Waals surface area (Å²) < 4.78 is 37.4. The molecule has 0 radical (unpaired) electrons. The molecule has 0 bridgehead atoms. The summed E-state index contributed by atoms with van der Waals surface area (Å²) in [6, 6.07) is 15.0. The van der Waals surface area contributed by atoms with Crippen LogP contribution in [0.2, 0.25) is 0 Å². The average molecular weight is 448 g/mol. The van der Waals surface area contributed by atoms with E-state index in [-0.39, 0.29) is 18.2 Å². The Morgan fingerprint density at radius 3 is 2.32 bits per heavy atom. The molecule has 1 amide bonds. The number of carbonyl (C=O) groups is 1. The predicted molar refractivity (Wildman–Crippen MR) is 121 cm³/mol. The van der Waals surface area contributed by atoms with Gasteiger partial charge in [0.15, 0.2) is 11.5 Å². The lowest BCUT2D eigenvalue weighted by molar-refractivity contribution is 0.0950. The molecule has 1 fully saturated rings. The standard InChI is InChI=1S/C22H29N3O5S/c1-29-20-11-6-10-19(21(20)30-2)22(26)23-12-7-17-31(27,28)25-15-13-24(14-16-25)18-8-4-3-5-9-18/h3-6,8-11H,7,12-17H2,1-2H3,(H,23,26). The number of benzene rings is 2. The molecule has 1 aliphatic rings. The van der Waals surface area contributed by atoms with Gasteiger partial charge in [-0.1, -0.05) is 24.3 Å². The summed E-state index contributed by atoms with van der Waals surface area (Å²) in [7, 11) is -0.389. The second kappa shape index (κ2) is 10.5. The zero-order valence-electron chi connectivity index (χ0n) is 17.9. The molecule has 3 rings (SSSR count). The first-order valence-corrected chi connectivity index (χ1v) is 11.8. The molecule has 0 unspecified atom stereocenters. The van der Waals surface area contributed by atoms with Crippen molar-refractivity contribution >= 4 is 21.6 Å². The van der Waals surface area contributed by atoms with Gasteiger partial charge in [0, 0.05) is 38.4 Å². The molecule has 31 heavy (non-hydrogen) atoms. The molecule has 8 nitrogen and oxygen atoms in total. The molecular weight excluding hydrogens is 418 g/mol. The number of para-hydroxylation sites is 2. The van der Waals surface area contributed by atoms with Crippen LogP contribution in [0.15, 0.2) is 48.5 Å². The van der Waals surface area contributed by atoms with Gasteiger partial charge in [0.2, 0.25) is 10.0 Å². The van der Waals surface area contributed by atoms with Crippen LogP contribution < -0.4 is 19.7 Å². The highest BCUT2D eigenvalue weighted by Gasteiger charge is 2.26. The number of rotatable bonds is 9. The minimum absolute atomic E-state index is 0.00609. The molecule has 0 atom stereocenters. The summed E-state index contributed by atoms with van der Waals surface area (Å²) in [5, 5.41) is 2.76. The van der Waals surface area contributed by atoms with Gasteiger partial charge in [0.1, 0.15) is 0 Å². The molecule has 0 aliphatic carbocycles. The number of nitrogens with one attached hydrogen (secondary N) is 1. The van der Waals surface area contributed by atoms with Crippen molar-refractivity contribution in [1.29, 1.82) is 0 Å². The van der Waals surface area contributed by atoms with E-state index in [1.165, 1.54) is 14.2 Å². The Morgan fingerprint density at radius 2 is 1.68 bits per heavy atom. The lowest BCUT2D eigenvalue weighted by atomic mass is 10.1.